The van der Waals surface area contributed by atoms with Gasteiger partial charge in [0.05, 0.1) is 5.75 Å². The van der Waals surface area contributed by atoms with Crippen LogP contribution in [0.15, 0.2) is 0 Å². The molecule has 0 heterocycles. The van der Waals surface area contributed by atoms with Gasteiger partial charge in [0, 0.05) is 31.8 Å². The Morgan fingerprint density at radius 3 is 2.32 bits per heavy atom. The minimum Gasteiger partial charge on any atom is -0.345 e. The lowest BCUT2D eigenvalue weighted by Gasteiger charge is -2.37. The van der Waals surface area contributed by atoms with Crippen LogP contribution in [0.5, 0.6) is 0 Å². The smallest absolute Gasteiger partial charge is 0.224 e. The Balaban J connectivity index is 2.52. The maximum atomic E-state index is 12.2. The molecule has 1 N–H and O–H groups in total. The van der Waals surface area contributed by atoms with E-state index in [4.69, 9.17) is 0 Å². The van der Waals surface area contributed by atoms with E-state index in [1.807, 2.05) is 7.05 Å². The first kappa shape index (κ1) is 16.4. The second-order valence-electron chi connectivity index (χ2n) is 5.71. The molecule has 1 aliphatic carbocycles. The zero-order valence-corrected chi connectivity index (χ0v) is 13.1. The normalized spacial score (nSPS) is 19.1. The van der Waals surface area contributed by atoms with Crippen molar-refractivity contribution in [2.45, 2.75) is 44.1 Å². The minimum absolute atomic E-state index is 0.0277. The molecule has 0 saturated heterocycles. The van der Waals surface area contributed by atoms with Crippen LogP contribution in [0.3, 0.4) is 0 Å². The van der Waals surface area contributed by atoms with Crippen LogP contribution >= 0.6 is 0 Å². The number of nitrogens with zero attached hydrogens (tertiary/aromatic N) is 1. The van der Waals surface area contributed by atoms with Crippen molar-refractivity contribution in [3.8, 4) is 0 Å². The Labute approximate surface area is 116 Å². The van der Waals surface area contributed by atoms with Crippen molar-refractivity contribution in [1.82, 2.24) is 10.2 Å². The van der Waals surface area contributed by atoms with Gasteiger partial charge >= 0.3 is 0 Å². The third-order valence-corrected chi connectivity index (χ3v) is 4.98. The van der Waals surface area contributed by atoms with Crippen molar-refractivity contribution in [3.05, 3.63) is 0 Å². The highest BCUT2D eigenvalue weighted by atomic mass is 32.2. The lowest BCUT2D eigenvalue weighted by atomic mass is 9.79. The van der Waals surface area contributed by atoms with Gasteiger partial charge < -0.3 is 10.2 Å². The molecule has 0 aliphatic heterocycles. The Morgan fingerprint density at radius 2 is 1.84 bits per heavy atom. The lowest BCUT2D eigenvalue weighted by molar-refractivity contribution is -0.131. The highest BCUT2D eigenvalue weighted by Crippen LogP contribution is 2.31. The number of rotatable bonds is 6. The van der Waals surface area contributed by atoms with Gasteiger partial charge in [0.15, 0.2) is 0 Å². The van der Waals surface area contributed by atoms with Gasteiger partial charge in [-0.1, -0.05) is 19.3 Å². The third-order valence-electron chi connectivity index (χ3n) is 4.05. The van der Waals surface area contributed by atoms with Gasteiger partial charge in [0.1, 0.15) is 9.84 Å². The fourth-order valence-electron chi connectivity index (χ4n) is 2.60. The number of hydrogen-bond donors (Lipinski definition) is 1. The Morgan fingerprint density at radius 1 is 1.26 bits per heavy atom. The minimum atomic E-state index is -3.02. The fraction of sp³-hybridized carbons (Fsp3) is 0.923. The molecule has 0 bridgehead atoms. The van der Waals surface area contributed by atoms with Crippen molar-refractivity contribution >= 4 is 15.7 Å². The average Bonchev–Trinajstić information content (AvgIpc) is 2.36. The molecule has 0 unspecified atom stereocenters. The van der Waals surface area contributed by atoms with E-state index in [0.29, 0.717) is 6.42 Å². The van der Waals surface area contributed by atoms with E-state index in [-0.39, 0.29) is 23.7 Å². The summed E-state index contributed by atoms with van der Waals surface area (Å²) in [5.41, 5.74) is -0.0886. The molecule has 1 rings (SSSR count). The molecule has 0 spiro atoms. The molecule has 19 heavy (non-hydrogen) atoms. The number of amides is 1. The Kier molecular flexibility index (Phi) is 5.80. The highest BCUT2D eigenvalue weighted by Gasteiger charge is 2.33. The van der Waals surface area contributed by atoms with Crippen LogP contribution in [-0.4, -0.2) is 57.4 Å². The summed E-state index contributed by atoms with van der Waals surface area (Å²) in [5, 5.41) is 3.31. The third kappa shape index (κ3) is 5.48. The predicted octanol–water partition coefficient (Wildman–Crippen LogP) is 0.802. The van der Waals surface area contributed by atoms with E-state index in [9.17, 15) is 13.2 Å². The quantitative estimate of drug-likeness (QED) is 0.786. The van der Waals surface area contributed by atoms with E-state index in [1.54, 1.807) is 7.05 Å². The molecule has 0 aromatic rings. The summed E-state index contributed by atoms with van der Waals surface area (Å²) in [7, 11) is 0.576. The van der Waals surface area contributed by atoms with E-state index in [2.05, 4.69) is 5.32 Å². The number of nitrogens with one attached hydrogen (secondary N) is 1. The van der Waals surface area contributed by atoms with Gasteiger partial charge in [-0.05, 0) is 19.9 Å². The average molecular weight is 290 g/mol. The topological polar surface area (TPSA) is 66.5 Å². The Bertz CT molecular complexity index is 400. The zero-order valence-electron chi connectivity index (χ0n) is 12.2. The van der Waals surface area contributed by atoms with Crippen LogP contribution in [0.4, 0.5) is 0 Å². The van der Waals surface area contributed by atoms with Crippen LogP contribution < -0.4 is 5.32 Å². The second kappa shape index (κ2) is 6.70. The molecule has 0 atom stereocenters. The SMILES string of the molecule is CNC1(CC(=O)N(C)CCS(C)(=O)=O)CCCCC1. The molecule has 0 aromatic heterocycles. The summed E-state index contributed by atoms with van der Waals surface area (Å²) < 4.78 is 22.2. The first-order chi connectivity index (χ1) is 8.78. The van der Waals surface area contributed by atoms with E-state index < -0.39 is 9.84 Å². The summed E-state index contributed by atoms with van der Waals surface area (Å²) >= 11 is 0. The maximum absolute atomic E-state index is 12.2. The van der Waals surface area contributed by atoms with Gasteiger partial charge in [0.2, 0.25) is 5.91 Å². The van der Waals surface area contributed by atoms with Crippen molar-refractivity contribution in [1.29, 1.82) is 0 Å². The van der Waals surface area contributed by atoms with Crippen molar-refractivity contribution in [2.75, 3.05) is 32.6 Å². The molecular weight excluding hydrogens is 264 g/mol. The molecule has 1 aliphatic rings. The van der Waals surface area contributed by atoms with E-state index >= 15 is 0 Å². The number of hydrogen-bond acceptors (Lipinski definition) is 4. The lowest BCUT2D eigenvalue weighted by Crippen LogP contribution is -2.48. The number of carbonyl (C=O) groups is 1. The first-order valence-electron chi connectivity index (χ1n) is 6.89. The van der Waals surface area contributed by atoms with Gasteiger partial charge in [-0.25, -0.2) is 8.42 Å². The Hall–Kier alpha value is -0.620. The fourth-order valence-corrected chi connectivity index (χ4v) is 3.20. The molecule has 5 nitrogen and oxygen atoms in total. The van der Waals surface area contributed by atoms with Crippen molar-refractivity contribution in [3.63, 3.8) is 0 Å². The molecular formula is C13H26N2O3S. The van der Waals surface area contributed by atoms with Crippen molar-refractivity contribution in [2.24, 2.45) is 0 Å². The van der Waals surface area contributed by atoms with Crippen molar-refractivity contribution < 1.29 is 13.2 Å². The highest BCUT2D eigenvalue weighted by molar-refractivity contribution is 7.90. The van der Waals surface area contributed by atoms with Crippen LogP contribution in [0, 0.1) is 0 Å². The molecule has 112 valence electrons. The van der Waals surface area contributed by atoms with E-state index in [1.165, 1.54) is 17.6 Å². The van der Waals surface area contributed by atoms with Gasteiger partial charge in [0.25, 0.3) is 0 Å². The molecule has 1 amide bonds. The monoisotopic (exact) mass is 290 g/mol. The second-order valence-corrected chi connectivity index (χ2v) is 7.97. The van der Waals surface area contributed by atoms with Gasteiger partial charge in [-0.2, -0.15) is 0 Å². The predicted molar refractivity (Wildman–Crippen MR) is 76.8 cm³/mol. The number of carbonyl (C=O) groups excluding carboxylic acids is 1. The zero-order chi connectivity index (χ0) is 14.5. The van der Waals surface area contributed by atoms with Gasteiger partial charge in [-0.3, -0.25) is 4.79 Å². The number of sulfone groups is 1. The summed E-state index contributed by atoms with van der Waals surface area (Å²) in [4.78, 5) is 13.7. The maximum Gasteiger partial charge on any atom is 0.224 e. The summed E-state index contributed by atoms with van der Waals surface area (Å²) in [5.74, 6) is 0.0572. The van der Waals surface area contributed by atoms with Crippen LogP contribution in [0.1, 0.15) is 38.5 Å². The molecule has 0 radical (unpaired) electrons. The summed E-state index contributed by atoms with van der Waals surface area (Å²) in [6.45, 7) is 0.275. The standard InChI is InChI=1S/C13H26N2O3S/c1-14-13(7-5-4-6-8-13)11-12(16)15(2)9-10-19(3,17)18/h14H,4-11H2,1-3H3. The molecule has 1 saturated carbocycles. The van der Waals surface area contributed by atoms with E-state index in [0.717, 1.165) is 25.7 Å². The van der Waals surface area contributed by atoms with Crippen LogP contribution in [-0.2, 0) is 14.6 Å². The van der Waals surface area contributed by atoms with Crippen LogP contribution in [0.2, 0.25) is 0 Å². The molecule has 1 fully saturated rings. The summed E-state index contributed by atoms with van der Waals surface area (Å²) in [6, 6.07) is 0. The first-order valence-corrected chi connectivity index (χ1v) is 8.95. The van der Waals surface area contributed by atoms with Crippen LogP contribution in [0.25, 0.3) is 0 Å². The molecule has 6 heteroatoms. The summed E-state index contributed by atoms with van der Waals surface area (Å²) in [6.07, 6.45) is 7.25. The largest absolute Gasteiger partial charge is 0.345 e. The molecule has 0 aromatic carbocycles. The van der Waals surface area contributed by atoms with Gasteiger partial charge in [-0.15, -0.1) is 0 Å².